The second-order valence-electron chi connectivity index (χ2n) is 2.29. The molecule has 0 bridgehead atoms. The molecule has 0 amide bonds. The van der Waals surface area contributed by atoms with Crippen molar-refractivity contribution in [2.24, 2.45) is 0 Å². The quantitative estimate of drug-likeness (QED) is 0.541. The molecular formula is C7H10O4. The molecule has 1 aliphatic heterocycles. The minimum atomic E-state index is -0.651. The number of esters is 2. The van der Waals surface area contributed by atoms with Crippen LogP contribution in [0.25, 0.3) is 0 Å². The molecule has 1 fully saturated rings. The van der Waals surface area contributed by atoms with Gasteiger partial charge in [0.15, 0.2) is 0 Å². The Morgan fingerprint density at radius 1 is 1.82 bits per heavy atom. The summed E-state index contributed by atoms with van der Waals surface area (Å²) in [7, 11) is 0. The largest absolute Gasteiger partial charge is 0.463 e. The lowest BCUT2D eigenvalue weighted by Gasteiger charge is -2.05. The summed E-state index contributed by atoms with van der Waals surface area (Å²) in [6.45, 7) is 2.04. The first-order valence-electron chi connectivity index (χ1n) is 3.60. The average molecular weight is 158 g/mol. The van der Waals surface area contributed by atoms with Gasteiger partial charge in [0.25, 0.3) is 0 Å². The lowest BCUT2D eigenvalue weighted by molar-refractivity contribution is -0.159. The van der Waals surface area contributed by atoms with Crippen LogP contribution >= 0.6 is 0 Å². The molecule has 0 radical (unpaired) electrons. The maximum atomic E-state index is 10.7. The Morgan fingerprint density at radius 3 is 3.00 bits per heavy atom. The minimum absolute atomic E-state index is 0.295. The van der Waals surface area contributed by atoms with Gasteiger partial charge in [-0.1, -0.05) is 6.92 Å². The van der Waals surface area contributed by atoms with E-state index in [-0.39, 0.29) is 5.97 Å². The first-order valence-corrected chi connectivity index (χ1v) is 3.60. The van der Waals surface area contributed by atoms with Gasteiger partial charge in [-0.15, -0.1) is 0 Å². The Hall–Kier alpha value is -1.06. The first kappa shape index (κ1) is 8.04. The zero-order valence-corrected chi connectivity index (χ0v) is 6.33. The summed E-state index contributed by atoms with van der Waals surface area (Å²) in [6, 6.07) is 0. The van der Waals surface area contributed by atoms with E-state index in [1.165, 1.54) is 0 Å². The monoisotopic (exact) mass is 158 g/mol. The molecular weight excluding hydrogens is 148 g/mol. The molecule has 1 atom stereocenters. The molecule has 0 aliphatic carbocycles. The third kappa shape index (κ3) is 1.93. The predicted octanol–water partition coefficient (Wildman–Crippen LogP) is 0.255. The number of rotatable bonds is 2. The Morgan fingerprint density at radius 2 is 2.55 bits per heavy atom. The lowest BCUT2D eigenvalue weighted by Crippen LogP contribution is -2.21. The van der Waals surface area contributed by atoms with Gasteiger partial charge in [-0.2, -0.15) is 0 Å². The number of carbonyl (C=O) groups excluding carboxylic acids is 2. The number of cyclic esters (lactones) is 1. The normalized spacial score (nSPS) is 23.0. The Labute approximate surface area is 64.5 Å². The van der Waals surface area contributed by atoms with Crippen LogP contribution in [0, 0.1) is 0 Å². The van der Waals surface area contributed by atoms with Gasteiger partial charge in [0.1, 0.15) is 0 Å². The van der Waals surface area contributed by atoms with Crippen molar-refractivity contribution in [3.05, 3.63) is 0 Å². The number of carbonyl (C=O) groups is 2. The van der Waals surface area contributed by atoms with E-state index in [4.69, 9.17) is 4.74 Å². The fourth-order valence-electron chi connectivity index (χ4n) is 0.826. The third-order valence-corrected chi connectivity index (χ3v) is 1.45. The summed E-state index contributed by atoms with van der Waals surface area (Å²) in [4.78, 5) is 21.4. The summed E-state index contributed by atoms with van der Waals surface area (Å²) in [5.41, 5.74) is 0. The summed E-state index contributed by atoms with van der Waals surface area (Å²) < 4.78 is 9.35. The van der Waals surface area contributed by atoms with Gasteiger partial charge in [-0.3, -0.25) is 4.79 Å². The van der Waals surface area contributed by atoms with E-state index in [0.717, 1.165) is 0 Å². The lowest BCUT2D eigenvalue weighted by atomic mass is 10.3. The highest BCUT2D eigenvalue weighted by Gasteiger charge is 2.29. The zero-order chi connectivity index (χ0) is 8.27. The number of ether oxygens (including phenoxy) is 2. The van der Waals surface area contributed by atoms with Gasteiger partial charge >= 0.3 is 11.9 Å². The van der Waals surface area contributed by atoms with Crippen LogP contribution in [-0.4, -0.2) is 24.6 Å². The molecule has 0 spiro atoms. The summed E-state index contributed by atoms with van der Waals surface area (Å²) in [6.07, 6.45) is 0.136. The van der Waals surface area contributed by atoms with Gasteiger partial charge in [0.05, 0.1) is 6.61 Å². The summed E-state index contributed by atoms with van der Waals surface area (Å²) in [5, 5.41) is 0. The fourth-order valence-corrected chi connectivity index (χ4v) is 0.826. The Bertz CT molecular complexity index is 175. The van der Waals surface area contributed by atoms with Crippen LogP contribution in [-0.2, 0) is 19.1 Å². The molecule has 0 unspecified atom stereocenters. The van der Waals surface area contributed by atoms with Crippen molar-refractivity contribution in [1.29, 1.82) is 0 Å². The first-order chi connectivity index (χ1) is 5.24. The molecule has 4 nitrogen and oxygen atoms in total. The highest BCUT2D eigenvalue weighted by Crippen LogP contribution is 2.10. The molecule has 0 aromatic rings. The van der Waals surface area contributed by atoms with Crippen LogP contribution in [0.5, 0.6) is 0 Å². The van der Waals surface area contributed by atoms with Crippen LogP contribution < -0.4 is 0 Å². The molecule has 0 saturated carbocycles. The van der Waals surface area contributed by atoms with E-state index < -0.39 is 12.1 Å². The zero-order valence-electron chi connectivity index (χ0n) is 6.33. The average Bonchev–Trinajstić information content (AvgIpc) is 2.37. The SMILES string of the molecule is CCC(=O)O[C@H]1CCOC1=O. The molecule has 4 heteroatoms. The van der Waals surface area contributed by atoms with Crippen molar-refractivity contribution in [2.45, 2.75) is 25.9 Å². The number of hydrogen-bond acceptors (Lipinski definition) is 4. The highest BCUT2D eigenvalue weighted by atomic mass is 16.6. The van der Waals surface area contributed by atoms with Gasteiger partial charge in [-0.25, -0.2) is 4.79 Å². The van der Waals surface area contributed by atoms with E-state index in [1.54, 1.807) is 6.92 Å². The van der Waals surface area contributed by atoms with Gasteiger partial charge in [0, 0.05) is 12.8 Å². The summed E-state index contributed by atoms with van der Waals surface area (Å²) in [5.74, 6) is -0.777. The number of hydrogen-bond donors (Lipinski definition) is 0. The fraction of sp³-hybridized carbons (Fsp3) is 0.714. The maximum absolute atomic E-state index is 10.7. The van der Waals surface area contributed by atoms with Crippen LogP contribution in [0.1, 0.15) is 19.8 Å². The Kier molecular flexibility index (Phi) is 2.46. The standard InChI is InChI=1S/C7H10O4/c1-2-6(8)11-5-3-4-10-7(5)9/h5H,2-4H2,1H3/t5-/m0/s1. The van der Waals surface area contributed by atoms with E-state index >= 15 is 0 Å². The van der Waals surface area contributed by atoms with Gasteiger partial charge < -0.3 is 9.47 Å². The van der Waals surface area contributed by atoms with E-state index in [0.29, 0.717) is 19.4 Å². The topological polar surface area (TPSA) is 52.6 Å². The molecule has 11 heavy (non-hydrogen) atoms. The molecule has 0 N–H and O–H groups in total. The molecule has 1 rings (SSSR count). The second kappa shape index (κ2) is 3.37. The van der Waals surface area contributed by atoms with Crippen LogP contribution in [0.4, 0.5) is 0 Å². The van der Waals surface area contributed by atoms with Gasteiger partial charge in [0.2, 0.25) is 6.10 Å². The van der Waals surface area contributed by atoms with Gasteiger partial charge in [-0.05, 0) is 0 Å². The second-order valence-corrected chi connectivity index (χ2v) is 2.29. The molecule has 1 heterocycles. The van der Waals surface area contributed by atoms with Crippen molar-refractivity contribution < 1.29 is 19.1 Å². The molecule has 0 aromatic heterocycles. The highest BCUT2D eigenvalue weighted by molar-refractivity contribution is 5.80. The van der Waals surface area contributed by atoms with E-state index in [9.17, 15) is 9.59 Å². The van der Waals surface area contributed by atoms with Crippen LogP contribution in [0.3, 0.4) is 0 Å². The van der Waals surface area contributed by atoms with Crippen molar-refractivity contribution >= 4 is 11.9 Å². The third-order valence-electron chi connectivity index (χ3n) is 1.45. The smallest absolute Gasteiger partial charge is 0.347 e. The van der Waals surface area contributed by atoms with Crippen molar-refractivity contribution in [3.63, 3.8) is 0 Å². The molecule has 1 aliphatic rings. The molecule has 62 valence electrons. The van der Waals surface area contributed by atoms with Crippen molar-refractivity contribution in [3.8, 4) is 0 Å². The van der Waals surface area contributed by atoms with Crippen LogP contribution in [0.2, 0.25) is 0 Å². The Balaban J connectivity index is 2.36. The minimum Gasteiger partial charge on any atom is -0.463 e. The summed E-state index contributed by atoms with van der Waals surface area (Å²) >= 11 is 0. The van der Waals surface area contributed by atoms with E-state index in [2.05, 4.69) is 4.74 Å². The maximum Gasteiger partial charge on any atom is 0.347 e. The van der Waals surface area contributed by atoms with Crippen LogP contribution in [0.15, 0.2) is 0 Å². The van der Waals surface area contributed by atoms with E-state index in [1.807, 2.05) is 0 Å². The van der Waals surface area contributed by atoms with Crippen molar-refractivity contribution in [2.75, 3.05) is 6.61 Å². The predicted molar refractivity (Wildman–Crippen MR) is 35.7 cm³/mol. The molecule has 1 saturated heterocycles. The van der Waals surface area contributed by atoms with Crippen molar-refractivity contribution in [1.82, 2.24) is 0 Å². The molecule has 0 aromatic carbocycles.